The molecular formula is C10H10O2Zn. The third-order valence-electron chi connectivity index (χ3n) is 1.34. The Bertz CT molecular complexity index is 270. The second-order valence-corrected chi connectivity index (χ2v) is 2.25. The molecule has 2 nitrogen and oxygen atoms in total. The molecule has 0 aliphatic heterocycles. The van der Waals surface area contributed by atoms with Crippen LogP contribution in [0.4, 0.5) is 0 Å². The zero-order valence-corrected chi connectivity index (χ0v) is 10.4. The number of esters is 1. The maximum Gasteiger partial charge on any atom is 0.338 e. The van der Waals surface area contributed by atoms with E-state index in [1.54, 1.807) is 30.3 Å². The van der Waals surface area contributed by atoms with Crippen molar-refractivity contribution < 1.29 is 29.0 Å². The maximum atomic E-state index is 11.1. The van der Waals surface area contributed by atoms with Gasteiger partial charge in [0.2, 0.25) is 0 Å². The SMILES string of the molecule is C=CCOC(=O)c1ccccc1.[Zn]. The molecular weight excluding hydrogens is 217 g/mol. The van der Waals surface area contributed by atoms with Crippen molar-refractivity contribution in [1.29, 1.82) is 0 Å². The van der Waals surface area contributed by atoms with E-state index in [0.717, 1.165) is 0 Å². The molecule has 0 N–H and O–H groups in total. The first-order valence-electron chi connectivity index (χ1n) is 3.67. The number of benzene rings is 1. The zero-order chi connectivity index (χ0) is 8.81. The minimum absolute atomic E-state index is 0. The van der Waals surface area contributed by atoms with E-state index in [4.69, 9.17) is 4.74 Å². The summed E-state index contributed by atoms with van der Waals surface area (Å²) in [6, 6.07) is 8.87. The molecule has 0 aliphatic rings. The van der Waals surface area contributed by atoms with Crippen molar-refractivity contribution in [3.05, 3.63) is 48.6 Å². The van der Waals surface area contributed by atoms with E-state index < -0.39 is 0 Å². The van der Waals surface area contributed by atoms with E-state index in [0.29, 0.717) is 5.56 Å². The average Bonchev–Trinajstić information content (AvgIpc) is 2.15. The van der Waals surface area contributed by atoms with Crippen LogP contribution in [0.15, 0.2) is 43.0 Å². The first-order chi connectivity index (χ1) is 5.84. The average molecular weight is 228 g/mol. The molecule has 0 fully saturated rings. The molecule has 13 heavy (non-hydrogen) atoms. The van der Waals surface area contributed by atoms with Gasteiger partial charge in [-0.1, -0.05) is 30.9 Å². The van der Waals surface area contributed by atoms with Gasteiger partial charge >= 0.3 is 5.97 Å². The molecule has 0 radical (unpaired) electrons. The first-order valence-corrected chi connectivity index (χ1v) is 3.67. The molecule has 1 aromatic rings. The molecule has 1 aromatic carbocycles. The third-order valence-corrected chi connectivity index (χ3v) is 1.34. The molecule has 0 amide bonds. The zero-order valence-electron chi connectivity index (χ0n) is 7.40. The number of carbonyl (C=O) groups excluding carboxylic acids is 1. The van der Waals surface area contributed by atoms with Crippen LogP contribution >= 0.6 is 0 Å². The molecule has 0 aliphatic carbocycles. The fourth-order valence-corrected chi connectivity index (χ4v) is 0.792. The van der Waals surface area contributed by atoms with Crippen molar-refractivity contribution in [2.45, 2.75) is 0 Å². The van der Waals surface area contributed by atoms with Gasteiger partial charge in [0.15, 0.2) is 0 Å². The van der Waals surface area contributed by atoms with Crippen LogP contribution in [0.3, 0.4) is 0 Å². The van der Waals surface area contributed by atoms with Crippen molar-refractivity contribution in [3.8, 4) is 0 Å². The molecule has 64 valence electrons. The Kier molecular flexibility index (Phi) is 6.08. The van der Waals surface area contributed by atoms with E-state index in [1.807, 2.05) is 6.07 Å². The van der Waals surface area contributed by atoms with Gasteiger partial charge in [-0.15, -0.1) is 0 Å². The largest absolute Gasteiger partial charge is 0.458 e. The van der Waals surface area contributed by atoms with Crippen LogP contribution in [0.5, 0.6) is 0 Å². The molecule has 0 saturated carbocycles. The van der Waals surface area contributed by atoms with Crippen molar-refractivity contribution >= 4 is 5.97 Å². The van der Waals surface area contributed by atoms with Crippen LogP contribution in [0.25, 0.3) is 0 Å². The molecule has 1 rings (SSSR count). The molecule has 3 heteroatoms. The van der Waals surface area contributed by atoms with Crippen molar-refractivity contribution in [1.82, 2.24) is 0 Å². The number of ether oxygens (including phenoxy) is 1. The van der Waals surface area contributed by atoms with E-state index in [1.165, 1.54) is 0 Å². The van der Waals surface area contributed by atoms with Gasteiger partial charge in [-0.25, -0.2) is 4.79 Å². The van der Waals surface area contributed by atoms with E-state index in [2.05, 4.69) is 6.58 Å². The molecule has 0 bridgehead atoms. The second-order valence-electron chi connectivity index (χ2n) is 2.25. The van der Waals surface area contributed by atoms with Crippen LogP contribution in [0.2, 0.25) is 0 Å². The normalized spacial score (nSPS) is 8.31. The number of rotatable bonds is 3. The standard InChI is InChI=1S/C10H10O2.Zn/c1-2-8-12-10(11)9-6-4-3-5-7-9;/h2-7H,1,8H2;. The van der Waals surface area contributed by atoms with Crippen molar-refractivity contribution in [2.24, 2.45) is 0 Å². The Hall–Kier alpha value is -0.947. The fraction of sp³-hybridized carbons (Fsp3) is 0.100. The van der Waals surface area contributed by atoms with Crippen molar-refractivity contribution in [2.75, 3.05) is 6.61 Å². The summed E-state index contributed by atoms with van der Waals surface area (Å²) in [6.45, 7) is 3.71. The monoisotopic (exact) mass is 226 g/mol. The maximum absolute atomic E-state index is 11.1. The quantitative estimate of drug-likeness (QED) is 0.449. The summed E-state index contributed by atoms with van der Waals surface area (Å²) in [5, 5.41) is 0. The van der Waals surface area contributed by atoms with Crippen LogP contribution in [-0.4, -0.2) is 12.6 Å². The predicted molar refractivity (Wildman–Crippen MR) is 46.9 cm³/mol. The van der Waals surface area contributed by atoms with Gasteiger partial charge in [-0.3, -0.25) is 0 Å². The van der Waals surface area contributed by atoms with Crippen LogP contribution in [-0.2, 0) is 24.2 Å². The van der Waals surface area contributed by atoms with E-state index >= 15 is 0 Å². The first kappa shape index (κ1) is 12.1. The summed E-state index contributed by atoms with van der Waals surface area (Å²) in [5.74, 6) is -0.310. The molecule has 0 unspecified atom stereocenters. The fourth-order valence-electron chi connectivity index (χ4n) is 0.792. The minimum Gasteiger partial charge on any atom is -0.458 e. The van der Waals surface area contributed by atoms with Gasteiger partial charge in [0.25, 0.3) is 0 Å². The van der Waals surface area contributed by atoms with Crippen LogP contribution in [0, 0.1) is 0 Å². The number of hydrogen-bond donors (Lipinski definition) is 0. The molecule has 0 heterocycles. The van der Waals surface area contributed by atoms with Gasteiger partial charge < -0.3 is 4.74 Å². The van der Waals surface area contributed by atoms with Crippen molar-refractivity contribution in [3.63, 3.8) is 0 Å². The summed E-state index contributed by atoms with van der Waals surface area (Å²) >= 11 is 0. The van der Waals surface area contributed by atoms with Gasteiger partial charge in [0.1, 0.15) is 6.61 Å². The Morgan fingerprint density at radius 1 is 1.38 bits per heavy atom. The second kappa shape index (κ2) is 6.56. The van der Waals surface area contributed by atoms with Crippen LogP contribution < -0.4 is 0 Å². The van der Waals surface area contributed by atoms with E-state index in [9.17, 15) is 4.79 Å². The number of hydrogen-bond acceptors (Lipinski definition) is 2. The smallest absolute Gasteiger partial charge is 0.338 e. The molecule has 0 saturated heterocycles. The Balaban J connectivity index is 0.00000144. The summed E-state index contributed by atoms with van der Waals surface area (Å²) in [4.78, 5) is 11.1. The number of carbonyl (C=O) groups is 1. The molecule has 0 spiro atoms. The van der Waals surface area contributed by atoms with Gasteiger partial charge in [-0.2, -0.15) is 0 Å². The predicted octanol–water partition coefficient (Wildman–Crippen LogP) is 2.03. The summed E-state index contributed by atoms with van der Waals surface area (Å²) < 4.78 is 4.82. The van der Waals surface area contributed by atoms with Gasteiger partial charge in [-0.05, 0) is 12.1 Å². The topological polar surface area (TPSA) is 26.3 Å². The Morgan fingerprint density at radius 2 is 2.00 bits per heavy atom. The van der Waals surface area contributed by atoms with Crippen LogP contribution in [0.1, 0.15) is 10.4 Å². The summed E-state index contributed by atoms with van der Waals surface area (Å²) in [6.07, 6.45) is 1.54. The van der Waals surface area contributed by atoms with Gasteiger partial charge in [0, 0.05) is 19.5 Å². The Morgan fingerprint density at radius 3 is 2.54 bits per heavy atom. The van der Waals surface area contributed by atoms with E-state index in [-0.39, 0.29) is 32.1 Å². The Labute approximate surface area is 90.4 Å². The van der Waals surface area contributed by atoms with Gasteiger partial charge in [0.05, 0.1) is 5.56 Å². The summed E-state index contributed by atoms with van der Waals surface area (Å²) in [5.41, 5.74) is 0.569. The molecule has 0 atom stereocenters. The summed E-state index contributed by atoms with van der Waals surface area (Å²) in [7, 11) is 0. The third kappa shape index (κ3) is 4.00. The molecule has 0 aromatic heterocycles. The minimum atomic E-state index is -0.310.